The van der Waals surface area contributed by atoms with Crippen LogP contribution in [0, 0.1) is 0 Å². The molecule has 3 aromatic carbocycles. The second kappa shape index (κ2) is 10.1. The van der Waals surface area contributed by atoms with E-state index in [0.29, 0.717) is 22.1 Å². The van der Waals surface area contributed by atoms with Gasteiger partial charge < -0.3 is 18.7 Å². The van der Waals surface area contributed by atoms with Gasteiger partial charge in [0.1, 0.15) is 0 Å². The first-order valence-electron chi connectivity index (χ1n) is 11.0. The Morgan fingerprint density at radius 3 is 2.53 bits per heavy atom. The van der Waals surface area contributed by atoms with Crippen LogP contribution in [-0.4, -0.2) is 46.3 Å². The van der Waals surface area contributed by atoms with Gasteiger partial charge in [-0.1, -0.05) is 32.0 Å². The van der Waals surface area contributed by atoms with E-state index < -0.39 is 21.3 Å². The smallest absolute Gasteiger partial charge is 0.261 e. The van der Waals surface area contributed by atoms with Crippen LogP contribution in [0.5, 0.6) is 0 Å². The SMILES string of the molecule is CCN(CC)CCn1ccc2cc(NS(=O)(=O)c3ccc4c(NS(=O)[O-])cccc4c3)ccc21. The van der Waals surface area contributed by atoms with E-state index in [1.807, 2.05) is 24.4 Å². The number of benzene rings is 3. The van der Waals surface area contributed by atoms with Crippen molar-refractivity contribution >= 4 is 54.3 Å². The summed E-state index contributed by atoms with van der Waals surface area (Å²) in [6, 6.07) is 17.1. The number of likely N-dealkylation sites (N-methyl/N-ethyl adjacent to an activating group) is 1. The Hall–Kier alpha value is -2.92. The first-order chi connectivity index (χ1) is 16.3. The van der Waals surface area contributed by atoms with E-state index >= 15 is 0 Å². The summed E-state index contributed by atoms with van der Waals surface area (Å²) in [6.45, 7) is 8.13. The molecule has 0 spiro atoms. The van der Waals surface area contributed by atoms with Crippen molar-refractivity contribution in [3.05, 3.63) is 66.9 Å². The van der Waals surface area contributed by atoms with E-state index in [-0.39, 0.29) is 4.90 Å². The van der Waals surface area contributed by atoms with E-state index in [0.717, 1.165) is 37.1 Å². The molecule has 0 aliphatic carbocycles. The van der Waals surface area contributed by atoms with Crippen molar-refractivity contribution in [1.29, 1.82) is 0 Å². The number of nitrogens with one attached hydrogen (secondary N) is 2. The molecule has 0 saturated heterocycles. The molecule has 0 fully saturated rings. The molecule has 0 aliphatic rings. The molecule has 10 heteroatoms. The topological polar surface area (TPSA) is 106 Å². The van der Waals surface area contributed by atoms with Crippen molar-refractivity contribution in [2.24, 2.45) is 0 Å². The molecule has 8 nitrogen and oxygen atoms in total. The molecule has 1 aromatic heterocycles. The largest absolute Gasteiger partial charge is 0.755 e. The number of sulfonamides is 1. The highest BCUT2D eigenvalue weighted by molar-refractivity contribution is 7.92. The number of rotatable bonds is 10. The molecule has 0 aliphatic heterocycles. The van der Waals surface area contributed by atoms with Crippen LogP contribution in [0.2, 0.25) is 0 Å². The maximum absolute atomic E-state index is 13.1. The number of hydrogen-bond donors (Lipinski definition) is 2. The standard InChI is InChI=1S/C24H28N4O4S2/c1-3-27(4-2)14-15-28-13-12-19-16-20(8-11-24(19)28)26-34(31,32)21-9-10-22-18(17-21)6-5-7-23(22)25-33(29)30/h5-13,16-17,25-26H,3-4,14-15H2,1-2H3,(H,29,30)/p-1. The second-order valence-electron chi connectivity index (χ2n) is 7.94. The fourth-order valence-electron chi connectivity index (χ4n) is 4.07. The first-order valence-corrected chi connectivity index (χ1v) is 13.6. The van der Waals surface area contributed by atoms with Crippen LogP contribution in [0.1, 0.15) is 13.8 Å². The minimum atomic E-state index is -3.84. The maximum atomic E-state index is 13.1. The molecular formula is C24H27N4O4S2-. The zero-order valence-corrected chi connectivity index (χ0v) is 20.7. The fraction of sp³-hybridized carbons (Fsp3) is 0.250. The van der Waals surface area contributed by atoms with Gasteiger partial charge in [-0.25, -0.2) is 8.42 Å². The van der Waals surface area contributed by atoms with E-state index in [1.54, 1.807) is 30.3 Å². The molecule has 2 N–H and O–H groups in total. The lowest BCUT2D eigenvalue weighted by Gasteiger charge is -2.18. The molecule has 1 heterocycles. The van der Waals surface area contributed by atoms with Crippen molar-refractivity contribution in [3.8, 4) is 0 Å². The third-order valence-corrected chi connectivity index (χ3v) is 7.70. The van der Waals surface area contributed by atoms with Gasteiger partial charge in [-0.05, 0) is 60.9 Å². The van der Waals surface area contributed by atoms with Gasteiger partial charge in [0.05, 0.1) is 10.6 Å². The zero-order chi connectivity index (χ0) is 24.3. The van der Waals surface area contributed by atoms with Crippen LogP contribution in [0.15, 0.2) is 71.8 Å². The van der Waals surface area contributed by atoms with Crippen molar-refractivity contribution in [2.75, 3.05) is 29.1 Å². The van der Waals surface area contributed by atoms with Gasteiger partial charge in [0.25, 0.3) is 10.0 Å². The highest BCUT2D eigenvalue weighted by Crippen LogP contribution is 2.28. The molecule has 0 radical (unpaired) electrons. The predicted octanol–water partition coefficient (Wildman–Crippen LogP) is 4.14. The van der Waals surface area contributed by atoms with Crippen LogP contribution in [0.4, 0.5) is 11.4 Å². The lowest BCUT2D eigenvalue weighted by atomic mass is 10.1. The van der Waals surface area contributed by atoms with E-state index in [4.69, 9.17) is 0 Å². The minimum Gasteiger partial charge on any atom is -0.755 e. The average molecular weight is 500 g/mol. The van der Waals surface area contributed by atoms with Gasteiger partial charge in [0.2, 0.25) is 0 Å². The molecular weight excluding hydrogens is 472 g/mol. The maximum Gasteiger partial charge on any atom is 0.261 e. The van der Waals surface area contributed by atoms with Gasteiger partial charge in [0.15, 0.2) is 0 Å². The number of anilines is 2. The Bertz CT molecular complexity index is 1450. The molecule has 0 amide bonds. The lowest BCUT2D eigenvalue weighted by Crippen LogP contribution is -2.26. The fourth-order valence-corrected chi connectivity index (χ4v) is 5.51. The Kier molecular flexibility index (Phi) is 7.22. The Labute approximate surface area is 202 Å². The highest BCUT2D eigenvalue weighted by Gasteiger charge is 2.16. The van der Waals surface area contributed by atoms with Gasteiger partial charge in [-0.2, -0.15) is 0 Å². The molecule has 1 unspecified atom stereocenters. The van der Waals surface area contributed by atoms with Crippen LogP contribution in [0.25, 0.3) is 21.7 Å². The zero-order valence-electron chi connectivity index (χ0n) is 19.0. The summed E-state index contributed by atoms with van der Waals surface area (Å²) in [5, 5.41) is 2.18. The molecule has 4 rings (SSSR count). The van der Waals surface area contributed by atoms with Gasteiger partial charge in [0, 0.05) is 52.5 Å². The summed E-state index contributed by atoms with van der Waals surface area (Å²) in [5.41, 5.74) is 1.92. The number of aromatic nitrogens is 1. The Morgan fingerprint density at radius 2 is 1.79 bits per heavy atom. The third kappa shape index (κ3) is 5.25. The van der Waals surface area contributed by atoms with E-state index in [9.17, 15) is 17.2 Å². The molecule has 4 aromatic rings. The van der Waals surface area contributed by atoms with Gasteiger partial charge >= 0.3 is 0 Å². The predicted molar refractivity (Wildman–Crippen MR) is 137 cm³/mol. The Balaban J connectivity index is 1.56. The summed E-state index contributed by atoms with van der Waals surface area (Å²) < 4.78 is 55.3. The highest BCUT2D eigenvalue weighted by atomic mass is 32.2. The lowest BCUT2D eigenvalue weighted by molar-refractivity contribution is 0.292. The summed E-state index contributed by atoms with van der Waals surface area (Å²) in [7, 11) is -3.84. The number of fused-ring (bicyclic) bond motifs is 2. The summed E-state index contributed by atoms with van der Waals surface area (Å²) in [4.78, 5) is 2.45. The second-order valence-corrected chi connectivity index (χ2v) is 10.3. The van der Waals surface area contributed by atoms with Gasteiger partial charge in [-0.3, -0.25) is 8.93 Å². The van der Waals surface area contributed by atoms with Gasteiger partial charge in [-0.15, -0.1) is 0 Å². The van der Waals surface area contributed by atoms with Crippen molar-refractivity contribution in [1.82, 2.24) is 9.47 Å². The normalized spacial score (nSPS) is 12.9. The molecule has 180 valence electrons. The molecule has 0 saturated carbocycles. The number of hydrogen-bond acceptors (Lipinski definition) is 5. The van der Waals surface area contributed by atoms with Crippen LogP contribution in [0.3, 0.4) is 0 Å². The third-order valence-electron chi connectivity index (χ3n) is 5.93. The average Bonchev–Trinajstić information content (AvgIpc) is 3.21. The quantitative estimate of drug-likeness (QED) is 0.319. The summed E-state index contributed by atoms with van der Waals surface area (Å²) >= 11 is -2.47. The first kappa shape index (κ1) is 24.2. The molecule has 0 bridgehead atoms. The number of nitrogens with zero attached hydrogens (tertiary/aromatic N) is 2. The van der Waals surface area contributed by atoms with Crippen molar-refractivity contribution in [3.63, 3.8) is 0 Å². The molecule has 1 atom stereocenters. The monoisotopic (exact) mass is 499 g/mol. The van der Waals surface area contributed by atoms with Crippen molar-refractivity contribution in [2.45, 2.75) is 25.3 Å². The molecule has 34 heavy (non-hydrogen) atoms. The van der Waals surface area contributed by atoms with Crippen LogP contribution >= 0.6 is 0 Å². The summed E-state index contributed by atoms with van der Waals surface area (Å²) in [6.07, 6.45) is 2.02. The van der Waals surface area contributed by atoms with E-state index in [2.05, 4.69) is 32.8 Å². The van der Waals surface area contributed by atoms with E-state index in [1.165, 1.54) is 12.1 Å². The summed E-state index contributed by atoms with van der Waals surface area (Å²) in [5.74, 6) is 0. The Morgan fingerprint density at radius 1 is 1.00 bits per heavy atom. The minimum absolute atomic E-state index is 0.0947. The van der Waals surface area contributed by atoms with Crippen LogP contribution in [-0.2, 0) is 27.8 Å². The van der Waals surface area contributed by atoms with Crippen LogP contribution < -0.4 is 9.44 Å². The van der Waals surface area contributed by atoms with Crippen molar-refractivity contribution < 1.29 is 17.2 Å².